The van der Waals surface area contributed by atoms with Crippen molar-refractivity contribution in [3.8, 4) is 11.4 Å². The van der Waals surface area contributed by atoms with Crippen LogP contribution in [0.1, 0.15) is 46.1 Å². The van der Waals surface area contributed by atoms with Crippen molar-refractivity contribution in [1.29, 1.82) is 0 Å². The summed E-state index contributed by atoms with van der Waals surface area (Å²) < 4.78 is 6.99. The van der Waals surface area contributed by atoms with Crippen LogP contribution in [0, 0.1) is 13.8 Å². The van der Waals surface area contributed by atoms with E-state index < -0.39 is 0 Å². The number of carbonyl (C=O) groups excluding carboxylic acids is 1. The molecule has 2 aromatic carbocycles. The van der Waals surface area contributed by atoms with Crippen LogP contribution in [0.4, 0.5) is 5.69 Å². The first-order chi connectivity index (χ1) is 13.1. The first kappa shape index (κ1) is 17.3. The molecule has 0 saturated heterocycles. The van der Waals surface area contributed by atoms with Gasteiger partial charge in [0.2, 0.25) is 0 Å². The molecule has 6 nitrogen and oxygen atoms in total. The zero-order valence-electron chi connectivity index (χ0n) is 15.7. The topological polar surface area (TPSA) is 69.0 Å². The Bertz CT molecular complexity index is 988. The lowest BCUT2D eigenvalue weighted by molar-refractivity contribution is 0.102. The highest BCUT2D eigenvalue weighted by molar-refractivity contribution is 6.04. The Morgan fingerprint density at radius 2 is 1.89 bits per heavy atom. The minimum atomic E-state index is -0.217. The summed E-state index contributed by atoms with van der Waals surface area (Å²) in [7, 11) is 1.63. The van der Waals surface area contributed by atoms with Crippen LogP contribution in [0.5, 0.6) is 5.75 Å². The molecule has 3 aromatic rings. The summed E-state index contributed by atoms with van der Waals surface area (Å²) >= 11 is 0. The molecule has 4 rings (SSSR count). The predicted molar refractivity (Wildman–Crippen MR) is 104 cm³/mol. The van der Waals surface area contributed by atoms with Gasteiger partial charge in [0, 0.05) is 11.6 Å². The molecule has 1 aliphatic rings. The molecule has 0 radical (unpaired) electrons. The number of carbonyl (C=O) groups is 1. The maximum atomic E-state index is 12.9. The van der Waals surface area contributed by atoms with E-state index in [4.69, 9.17) is 4.74 Å². The van der Waals surface area contributed by atoms with Gasteiger partial charge in [-0.25, -0.2) is 4.68 Å². The molecular formula is C21H22N4O2. The highest BCUT2D eigenvalue weighted by Gasteiger charge is 2.34. The number of aryl methyl sites for hydroxylation is 2. The van der Waals surface area contributed by atoms with Gasteiger partial charge < -0.3 is 10.1 Å². The molecule has 1 saturated carbocycles. The van der Waals surface area contributed by atoms with Crippen LogP contribution in [0.2, 0.25) is 0 Å². The van der Waals surface area contributed by atoms with Gasteiger partial charge in [-0.15, -0.1) is 5.10 Å². The molecule has 1 N–H and O–H groups in total. The third-order valence-electron chi connectivity index (χ3n) is 4.84. The molecule has 138 valence electrons. The molecule has 0 aliphatic heterocycles. The van der Waals surface area contributed by atoms with Crippen molar-refractivity contribution in [2.24, 2.45) is 0 Å². The zero-order valence-corrected chi connectivity index (χ0v) is 15.7. The van der Waals surface area contributed by atoms with E-state index in [1.165, 1.54) is 0 Å². The molecule has 0 unspecified atom stereocenters. The average Bonchev–Trinajstić information content (AvgIpc) is 3.42. The van der Waals surface area contributed by atoms with Gasteiger partial charge in [0.1, 0.15) is 5.75 Å². The Hall–Kier alpha value is -3.15. The van der Waals surface area contributed by atoms with Gasteiger partial charge in [0.25, 0.3) is 5.91 Å². The number of ether oxygens (including phenoxy) is 1. The Morgan fingerprint density at radius 3 is 2.56 bits per heavy atom. The van der Waals surface area contributed by atoms with E-state index in [1.54, 1.807) is 11.8 Å². The summed E-state index contributed by atoms with van der Waals surface area (Å²) in [6, 6.07) is 13.6. The lowest BCUT2D eigenvalue weighted by Gasteiger charge is -2.10. The third-order valence-corrected chi connectivity index (χ3v) is 4.84. The fraction of sp³-hybridized carbons (Fsp3) is 0.286. The fourth-order valence-corrected chi connectivity index (χ4v) is 3.14. The molecule has 1 fully saturated rings. The smallest absolute Gasteiger partial charge is 0.278 e. The maximum absolute atomic E-state index is 12.9. The summed E-state index contributed by atoms with van der Waals surface area (Å²) in [4.78, 5) is 12.9. The predicted octanol–water partition coefficient (Wildman–Crippen LogP) is 4.02. The molecule has 1 aromatic heterocycles. The number of hydrogen-bond donors (Lipinski definition) is 1. The molecule has 0 atom stereocenters. The van der Waals surface area contributed by atoms with E-state index in [2.05, 4.69) is 15.6 Å². The van der Waals surface area contributed by atoms with Gasteiger partial charge in [0.15, 0.2) is 5.69 Å². The van der Waals surface area contributed by atoms with Crippen LogP contribution in [0.3, 0.4) is 0 Å². The van der Waals surface area contributed by atoms with Crippen molar-refractivity contribution >= 4 is 11.6 Å². The summed E-state index contributed by atoms with van der Waals surface area (Å²) in [5, 5.41) is 11.5. The second-order valence-corrected chi connectivity index (χ2v) is 6.98. The highest BCUT2D eigenvalue weighted by atomic mass is 16.5. The van der Waals surface area contributed by atoms with Gasteiger partial charge in [-0.3, -0.25) is 4.79 Å². The van der Waals surface area contributed by atoms with E-state index in [1.807, 2.05) is 56.3 Å². The van der Waals surface area contributed by atoms with Crippen LogP contribution >= 0.6 is 0 Å². The number of benzene rings is 2. The number of nitrogens with zero attached hydrogens (tertiary/aromatic N) is 3. The number of amides is 1. The first-order valence-corrected chi connectivity index (χ1v) is 9.05. The molecule has 1 heterocycles. The van der Waals surface area contributed by atoms with Crippen molar-refractivity contribution < 1.29 is 9.53 Å². The summed E-state index contributed by atoms with van der Waals surface area (Å²) in [6.07, 6.45) is 2.10. The van der Waals surface area contributed by atoms with Crippen LogP contribution in [0.15, 0.2) is 42.5 Å². The summed E-state index contributed by atoms with van der Waals surface area (Å²) in [5.41, 5.74) is 5.07. The zero-order chi connectivity index (χ0) is 19.0. The van der Waals surface area contributed by atoms with Crippen LogP contribution in [0.25, 0.3) is 5.69 Å². The molecule has 1 amide bonds. The van der Waals surface area contributed by atoms with E-state index in [9.17, 15) is 4.79 Å². The second kappa shape index (κ2) is 6.87. The SMILES string of the molecule is COc1ccc(-n2nnc(C(=O)Nc3cc(C)ccc3C)c2C2CC2)cc1. The van der Waals surface area contributed by atoms with E-state index >= 15 is 0 Å². The number of nitrogens with one attached hydrogen (secondary N) is 1. The molecule has 1 aliphatic carbocycles. The van der Waals surface area contributed by atoms with Gasteiger partial charge in [-0.1, -0.05) is 17.3 Å². The standard InChI is InChI=1S/C21H22N4O2/c1-13-4-5-14(2)18(12-13)22-21(26)19-20(15-6-7-15)25(24-23-19)16-8-10-17(27-3)11-9-16/h4-5,8-12,15H,6-7H2,1-3H3,(H,22,26). The van der Waals surface area contributed by atoms with Crippen molar-refractivity contribution in [2.75, 3.05) is 12.4 Å². The third kappa shape index (κ3) is 3.43. The normalized spacial score (nSPS) is 13.4. The van der Waals surface area contributed by atoms with Crippen LogP contribution < -0.4 is 10.1 Å². The van der Waals surface area contributed by atoms with Crippen molar-refractivity contribution in [2.45, 2.75) is 32.6 Å². The van der Waals surface area contributed by atoms with E-state index in [0.717, 1.165) is 46.8 Å². The van der Waals surface area contributed by atoms with Crippen LogP contribution in [-0.2, 0) is 0 Å². The molecule has 0 spiro atoms. The summed E-state index contributed by atoms with van der Waals surface area (Å²) in [6.45, 7) is 3.98. The van der Waals surface area contributed by atoms with Gasteiger partial charge in [0.05, 0.1) is 18.5 Å². The molecule has 0 bridgehead atoms. The number of hydrogen-bond acceptors (Lipinski definition) is 4. The van der Waals surface area contributed by atoms with Gasteiger partial charge >= 0.3 is 0 Å². The van der Waals surface area contributed by atoms with Gasteiger partial charge in [-0.05, 0) is 68.1 Å². The minimum absolute atomic E-state index is 0.217. The van der Waals surface area contributed by atoms with E-state index in [0.29, 0.717) is 11.6 Å². The Kier molecular flexibility index (Phi) is 4.39. The Balaban J connectivity index is 1.67. The van der Waals surface area contributed by atoms with Crippen molar-refractivity contribution in [1.82, 2.24) is 15.0 Å². The monoisotopic (exact) mass is 362 g/mol. The lowest BCUT2D eigenvalue weighted by atomic mass is 10.1. The second-order valence-electron chi connectivity index (χ2n) is 6.98. The number of rotatable bonds is 5. The molecular weight excluding hydrogens is 340 g/mol. The molecule has 6 heteroatoms. The number of anilines is 1. The average molecular weight is 362 g/mol. The van der Waals surface area contributed by atoms with Gasteiger partial charge in [-0.2, -0.15) is 0 Å². The minimum Gasteiger partial charge on any atom is -0.497 e. The first-order valence-electron chi connectivity index (χ1n) is 9.05. The maximum Gasteiger partial charge on any atom is 0.278 e. The van der Waals surface area contributed by atoms with E-state index in [-0.39, 0.29) is 5.91 Å². The number of methoxy groups -OCH3 is 1. The number of aromatic nitrogens is 3. The molecule has 27 heavy (non-hydrogen) atoms. The largest absolute Gasteiger partial charge is 0.497 e. The quantitative estimate of drug-likeness (QED) is 0.744. The Morgan fingerprint density at radius 1 is 1.15 bits per heavy atom. The summed E-state index contributed by atoms with van der Waals surface area (Å²) in [5.74, 6) is 0.881. The lowest BCUT2D eigenvalue weighted by Crippen LogP contribution is -2.16. The van der Waals surface area contributed by atoms with Crippen molar-refractivity contribution in [3.63, 3.8) is 0 Å². The highest BCUT2D eigenvalue weighted by Crippen LogP contribution is 2.42. The van der Waals surface area contributed by atoms with Crippen LogP contribution in [-0.4, -0.2) is 28.0 Å². The van der Waals surface area contributed by atoms with Crippen molar-refractivity contribution in [3.05, 3.63) is 65.0 Å². The Labute approximate surface area is 158 Å². The fourth-order valence-electron chi connectivity index (χ4n) is 3.14.